The summed E-state index contributed by atoms with van der Waals surface area (Å²) in [6, 6.07) is 6.12. The Bertz CT molecular complexity index is 485. The standard InChI is InChI=1S/C14H16BrNO2/c15-10-4-5-11-9(7-10)3-6-12(11)16-13(14(17)18)8-1-2-8/h4-5,7-8,12-13,16H,1-3,6H2,(H,17,18). The Labute approximate surface area is 115 Å². The molecule has 96 valence electrons. The van der Waals surface area contributed by atoms with Gasteiger partial charge in [-0.3, -0.25) is 10.1 Å². The van der Waals surface area contributed by atoms with E-state index in [1.807, 2.05) is 6.07 Å². The molecule has 0 aliphatic heterocycles. The maximum absolute atomic E-state index is 11.3. The van der Waals surface area contributed by atoms with Gasteiger partial charge in [0.2, 0.25) is 0 Å². The van der Waals surface area contributed by atoms with Crippen LogP contribution in [0.3, 0.4) is 0 Å². The fourth-order valence-electron chi connectivity index (χ4n) is 2.81. The minimum atomic E-state index is -0.705. The van der Waals surface area contributed by atoms with Gasteiger partial charge in [0.25, 0.3) is 0 Å². The van der Waals surface area contributed by atoms with Crippen molar-refractivity contribution >= 4 is 21.9 Å². The molecule has 1 aromatic rings. The number of carbonyl (C=O) groups is 1. The monoisotopic (exact) mass is 309 g/mol. The molecule has 4 heteroatoms. The van der Waals surface area contributed by atoms with Gasteiger partial charge in [-0.15, -0.1) is 0 Å². The van der Waals surface area contributed by atoms with Crippen LogP contribution >= 0.6 is 15.9 Å². The van der Waals surface area contributed by atoms with Crippen molar-refractivity contribution in [3.05, 3.63) is 33.8 Å². The maximum atomic E-state index is 11.3. The molecule has 1 fully saturated rings. The maximum Gasteiger partial charge on any atom is 0.320 e. The second-order valence-corrected chi connectivity index (χ2v) is 6.17. The molecule has 2 atom stereocenters. The molecule has 1 saturated carbocycles. The first-order valence-electron chi connectivity index (χ1n) is 6.42. The van der Waals surface area contributed by atoms with Crippen LogP contribution in [0.25, 0.3) is 0 Å². The van der Waals surface area contributed by atoms with Gasteiger partial charge in [-0.25, -0.2) is 0 Å². The Morgan fingerprint density at radius 1 is 1.39 bits per heavy atom. The summed E-state index contributed by atoms with van der Waals surface area (Å²) in [4.78, 5) is 11.3. The number of fused-ring (bicyclic) bond motifs is 1. The summed E-state index contributed by atoms with van der Waals surface area (Å²) in [7, 11) is 0. The highest BCUT2D eigenvalue weighted by Gasteiger charge is 2.38. The minimum absolute atomic E-state index is 0.204. The Kier molecular flexibility index (Phi) is 3.16. The smallest absolute Gasteiger partial charge is 0.320 e. The third kappa shape index (κ3) is 2.31. The number of hydrogen-bond donors (Lipinski definition) is 2. The SMILES string of the molecule is O=C(O)C(NC1CCc2cc(Br)ccc21)C1CC1. The molecule has 2 aliphatic rings. The van der Waals surface area contributed by atoms with Gasteiger partial charge in [0.1, 0.15) is 6.04 Å². The van der Waals surface area contributed by atoms with Crippen LogP contribution in [0.15, 0.2) is 22.7 Å². The van der Waals surface area contributed by atoms with E-state index in [0.29, 0.717) is 5.92 Å². The van der Waals surface area contributed by atoms with E-state index in [2.05, 4.69) is 33.4 Å². The van der Waals surface area contributed by atoms with Crippen molar-refractivity contribution in [2.24, 2.45) is 5.92 Å². The second-order valence-electron chi connectivity index (χ2n) is 5.25. The van der Waals surface area contributed by atoms with Gasteiger partial charge in [0.05, 0.1) is 0 Å². The number of carboxylic acid groups (broad SMARTS) is 1. The number of aliphatic carboxylic acids is 1. The highest BCUT2D eigenvalue weighted by Crippen LogP contribution is 2.37. The lowest BCUT2D eigenvalue weighted by Gasteiger charge is -2.20. The zero-order valence-corrected chi connectivity index (χ0v) is 11.6. The summed E-state index contributed by atoms with van der Waals surface area (Å²) in [6.45, 7) is 0. The van der Waals surface area contributed by atoms with Crippen molar-refractivity contribution < 1.29 is 9.90 Å². The topological polar surface area (TPSA) is 49.3 Å². The first-order chi connectivity index (χ1) is 8.65. The molecule has 0 amide bonds. The fourth-order valence-corrected chi connectivity index (χ4v) is 3.22. The van der Waals surface area contributed by atoms with Gasteiger partial charge in [-0.05, 0) is 54.9 Å². The molecule has 0 saturated heterocycles. The first-order valence-corrected chi connectivity index (χ1v) is 7.21. The Hall–Kier alpha value is -0.870. The minimum Gasteiger partial charge on any atom is -0.480 e. The number of hydrogen-bond acceptors (Lipinski definition) is 2. The van der Waals surface area contributed by atoms with Crippen LogP contribution in [0.4, 0.5) is 0 Å². The Morgan fingerprint density at radius 3 is 2.83 bits per heavy atom. The number of carboxylic acids is 1. The molecule has 0 bridgehead atoms. The molecule has 18 heavy (non-hydrogen) atoms. The molecular formula is C14H16BrNO2. The summed E-state index contributed by atoms with van der Waals surface area (Å²) in [5.74, 6) is -0.370. The largest absolute Gasteiger partial charge is 0.480 e. The van der Waals surface area contributed by atoms with Crippen molar-refractivity contribution in [3.8, 4) is 0 Å². The molecule has 2 N–H and O–H groups in total. The predicted octanol–water partition coefficient (Wildman–Crippen LogP) is 2.89. The number of nitrogens with one attached hydrogen (secondary N) is 1. The molecule has 2 unspecified atom stereocenters. The van der Waals surface area contributed by atoms with Gasteiger partial charge in [0, 0.05) is 10.5 Å². The lowest BCUT2D eigenvalue weighted by atomic mass is 10.1. The van der Waals surface area contributed by atoms with Crippen LogP contribution in [-0.2, 0) is 11.2 Å². The molecule has 3 rings (SSSR count). The number of benzene rings is 1. The van der Waals surface area contributed by atoms with Gasteiger partial charge >= 0.3 is 5.97 Å². The van der Waals surface area contributed by atoms with Crippen molar-refractivity contribution in [3.63, 3.8) is 0 Å². The van der Waals surface area contributed by atoms with Crippen LogP contribution in [0.2, 0.25) is 0 Å². The highest BCUT2D eigenvalue weighted by atomic mass is 79.9. The number of halogens is 1. The van der Waals surface area contributed by atoms with Crippen molar-refractivity contribution in [2.45, 2.75) is 37.8 Å². The molecule has 0 radical (unpaired) electrons. The van der Waals surface area contributed by atoms with Gasteiger partial charge in [0.15, 0.2) is 0 Å². The molecule has 1 aromatic carbocycles. The summed E-state index contributed by atoms with van der Waals surface area (Å²) in [6.07, 6.45) is 4.12. The molecular weight excluding hydrogens is 294 g/mol. The quantitative estimate of drug-likeness (QED) is 0.899. The zero-order chi connectivity index (χ0) is 12.7. The van der Waals surface area contributed by atoms with E-state index in [1.54, 1.807) is 0 Å². The van der Waals surface area contributed by atoms with Crippen LogP contribution in [-0.4, -0.2) is 17.1 Å². The fraction of sp³-hybridized carbons (Fsp3) is 0.500. The summed E-state index contributed by atoms with van der Waals surface area (Å²) < 4.78 is 1.10. The van der Waals surface area contributed by atoms with Crippen LogP contribution in [0, 0.1) is 5.92 Å². The normalized spacial score (nSPS) is 23.7. The predicted molar refractivity (Wildman–Crippen MR) is 72.5 cm³/mol. The van der Waals surface area contributed by atoms with E-state index in [9.17, 15) is 9.90 Å². The summed E-state index contributed by atoms with van der Waals surface area (Å²) >= 11 is 3.48. The molecule has 0 spiro atoms. The van der Waals surface area contributed by atoms with E-state index in [0.717, 1.165) is 30.2 Å². The Morgan fingerprint density at radius 2 is 2.17 bits per heavy atom. The molecule has 0 heterocycles. The molecule has 3 nitrogen and oxygen atoms in total. The number of rotatable bonds is 4. The Balaban J connectivity index is 1.77. The highest BCUT2D eigenvalue weighted by molar-refractivity contribution is 9.10. The van der Waals surface area contributed by atoms with E-state index in [4.69, 9.17) is 0 Å². The van der Waals surface area contributed by atoms with Crippen LogP contribution in [0.1, 0.15) is 36.4 Å². The lowest BCUT2D eigenvalue weighted by Crippen LogP contribution is -2.40. The van der Waals surface area contributed by atoms with Gasteiger partial charge in [-0.2, -0.15) is 0 Å². The van der Waals surface area contributed by atoms with Crippen LogP contribution < -0.4 is 5.32 Å². The van der Waals surface area contributed by atoms with Gasteiger partial charge < -0.3 is 5.11 Å². The lowest BCUT2D eigenvalue weighted by molar-refractivity contribution is -0.140. The average Bonchev–Trinajstić information content (AvgIpc) is 3.08. The van der Waals surface area contributed by atoms with Crippen molar-refractivity contribution in [1.82, 2.24) is 5.32 Å². The zero-order valence-electron chi connectivity index (χ0n) is 10.0. The third-order valence-electron chi connectivity index (χ3n) is 3.92. The van der Waals surface area contributed by atoms with Gasteiger partial charge in [-0.1, -0.05) is 22.0 Å². The average molecular weight is 310 g/mol. The van der Waals surface area contributed by atoms with Crippen LogP contribution in [0.5, 0.6) is 0 Å². The van der Waals surface area contributed by atoms with Crippen molar-refractivity contribution in [2.75, 3.05) is 0 Å². The van der Waals surface area contributed by atoms with E-state index < -0.39 is 5.97 Å². The van der Waals surface area contributed by atoms with E-state index in [1.165, 1.54) is 11.1 Å². The summed E-state index contributed by atoms with van der Waals surface area (Å²) in [5, 5.41) is 12.6. The van der Waals surface area contributed by atoms with E-state index >= 15 is 0 Å². The molecule has 0 aromatic heterocycles. The second kappa shape index (κ2) is 4.67. The number of aryl methyl sites for hydroxylation is 1. The first kappa shape index (κ1) is 12.2. The summed E-state index contributed by atoms with van der Waals surface area (Å²) in [5.41, 5.74) is 2.60. The van der Waals surface area contributed by atoms with Crippen molar-refractivity contribution in [1.29, 1.82) is 0 Å². The van der Waals surface area contributed by atoms with E-state index in [-0.39, 0.29) is 12.1 Å². The third-order valence-corrected chi connectivity index (χ3v) is 4.42. The molecule has 2 aliphatic carbocycles.